The Morgan fingerprint density at radius 1 is 0.650 bits per heavy atom. The lowest BCUT2D eigenvalue weighted by molar-refractivity contribution is 1.42. The predicted octanol–water partition coefficient (Wildman–Crippen LogP) is 5.13. The molecule has 2 aromatic rings. The predicted molar refractivity (Wildman–Crippen MR) is 99.2 cm³/mol. The molecule has 2 rings (SSSR count). The molecule has 0 spiro atoms. The highest BCUT2D eigenvalue weighted by molar-refractivity contribution is 7.68. The Morgan fingerprint density at radius 2 is 1.05 bits per heavy atom. The smallest absolute Gasteiger partial charge is 0.00300 e. The van der Waals surface area contributed by atoms with E-state index in [1.807, 2.05) is 0 Å². The average Bonchev–Trinajstić information content (AvgIpc) is 2.50. The topological polar surface area (TPSA) is 0 Å². The molecule has 0 aromatic heterocycles. The maximum Gasteiger partial charge on any atom is -0.00300 e. The first-order valence-corrected chi connectivity index (χ1v) is 11.2. The highest BCUT2D eigenvalue weighted by Gasteiger charge is 2.16. The molecule has 0 atom stereocenters. The molecule has 0 fully saturated rings. The number of hydrogen-bond donors (Lipinski definition) is 0. The molecule has 0 aliphatic rings. The van der Waals surface area contributed by atoms with Crippen LogP contribution in [0.4, 0.5) is 0 Å². The molecule has 20 heavy (non-hydrogen) atoms. The lowest BCUT2D eigenvalue weighted by Gasteiger charge is -2.22. The van der Waals surface area contributed by atoms with Crippen LogP contribution in [0.15, 0.2) is 36.4 Å². The van der Waals surface area contributed by atoms with E-state index in [2.05, 4.69) is 64.1 Å². The summed E-state index contributed by atoms with van der Waals surface area (Å²) in [5.41, 5.74) is 0. The maximum atomic E-state index is 2.39. The fraction of sp³-hybridized carbons (Fsp3) is 0.444. The Hall–Kier alpha value is -0.440. The lowest BCUT2D eigenvalue weighted by atomic mass is 10.1. The van der Waals surface area contributed by atoms with Crippen LogP contribution in [-0.2, 0) is 0 Å². The average molecular weight is 304 g/mol. The molecule has 2 heteroatoms. The SMILES string of the molecule is CCP(CC)c1cccc2cccc(P(CC)CC)c12. The van der Waals surface area contributed by atoms with Gasteiger partial charge in [0.05, 0.1) is 0 Å². The van der Waals surface area contributed by atoms with Gasteiger partial charge in [-0.2, -0.15) is 0 Å². The minimum Gasteiger partial charge on any atom is -0.0752 e. The highest BCUT2D eigenvalue weighted by atomic mass is 31.1. The second-order valence-electron chi connectivity index (χ2n) is 5.00. The summed E-state index contributed by atoms with van der Waals surface area (Å²) in [5.74, 6) is 0. The first-order chi connectivity index (χ1) is 9.76. The van der Waals surface area contributed by atoms with Gasteiger partial charge in [-0.15, -0.1) is 0 Å². The van der Waals surface area contributed by atoms with Gasteiger partial charge in [0.2, 0.25) is 0 Å². The summed E-state index contributed by atoms with van der Waals surface area (Å²) in [4.78, 5) is 0. The first kappa shape index (κ1) is 15.9. The fourth-order valence-corrected chi connectivity index (χ4v) is 7.03. The molecule has 0 aliphatic heterocycles. The van der Waals surface area contributed by atoms with Gasteiger partial charge in [0.1, 0.15) is 0 Å². The third kappa shape index (κ3) is 3.08. The summed E-state index contributed by atoms with van der Waals surface area (Å²) in [6.07, 6.45) is 5.20. The van der Waals surface area contributed by atoms with Crippen molar-refractivity contribution < 1.29 is 0 Å². The second kappa shape index (κ2) is 7.53. The summed E-state index contributed by atoms with van der Waals surface area (Å²) < 4.78 is 0. The van der Waals surface area contributed by atoms with Crippen LogP contribution in [0.5, 0.6) is 0 Å². The summed E-state index contributed by atoms with van der Waals surface area (Å²) in [6, 6.07) is 13.9. The van der Waals surface area contributed by atoms with Crippen LogP contribution < -0.4 is 10.6 Å². The van der Waals surface area contributed by atoms with Crippen LogP contribution in [0, 0.1) is 0 Å². The number of benzene rings is 2. The Labute approximate surface area is 126 Å². The monoisotopic (exact) mass is 304 g/mol. The van der Waals surface area contributed by atoms with E-state index >= 15 is 0 Å². The van der Waals surface area contributed by atoms with Crippen molar-refractivity contribution in [2.75, 3.05) is 24.6 Å². The zero-order chi connectivity index (χ0) is 14.5. The molecule has 0 unspecified atom stereocenters. The van der Waals surface area contributed by atoms with Crippen LogP contribution in [0.1, 0.15) is 27.7 Å². The summed E-state index contributed by atoms with van der Waals surface area (Å²) in [7, 11) is 0.0165. The normalized spacial score (nSPS) is 11.7. The van der Waals surface area contributed by atoms with Crippen molar-refractivity contribution in [1.82, 2.24) is 0 Å². The van der Waals surface area contributed by atoms with Crippen LogP contribution in [0.3, 0.4) is 0 Å². The van der Waals surface area contributed by atoms with E-state index < -0.39 is 0 Å². The van der Waals surface area contributed by atoms with E-state index in [-0.39, 0.29) is 15.8 Å². The number of hydrogen-bond acceptors (Lipinski definition) is 0. The maximum absolute atomic E-state index is 2.39. The van der Waals surface area contributed by atoms with E-state index in [1.54, 1.807) is 16.0 Å². The van der Waals surface area contributed by atoms with Crippen LogP contribution in [0.2, 0.25) is 0 Å². The number of fused-ring (bicyclic) bond motifs is 1. The Kier molecular flexibility index (Phi) is 6.01. The molecule has 0 heterocycles. The standard InChI is InChI=1S/C18H26P2/c1-5-19(6-2)16-13-9-11-15-12-10-14-17(18(15)16)20(7-3)8-4/h9-14H,5-8H2,1-4H3. The van der Waals surface area contributed by atoms with Crippen molar-refractivity contribution >= 4 is 37.2 Å². The quantitative estimate of drug-likeness (QED) is 0.649. The van der Waals surface area contributed by atoms with Crippen molar-refractivity contribution in [2.45, 2.75) is 27.7 Å². The fourth-order valence-electron chi connectivity index (χ4n) is 2.96. The highest BCUT2D eigenvalue weighted by Crippen LogP contribution is 2.40. The van der Waals surface area contributed by atoms with Crippen molar-refractivity contribution in [2.24, 2.45) is 0 Å². The van der Waals surface area contributed by atoms with Crippen molar-refractivity contribution in [1.29, 1.82) is 0 Å². The third-order valence-electron chi connectivity index (χ3n) is 4.07. The molecule has 0 N–H and O–H groups in total. The summed E-state index contributed by atoms with van der Waals surface area (Å²) >= 11 is 0. The number of rotatable bonds is 6. The molecule has 0 saturated heterocycles. The molecule has 0 radical (unpaired) electrons. The third-order valence-corrected chi connectivity index (χ3v) is 9.23. The molecule has 0 saturated carbocycles. The van der Waals surface area contributed by atoms with Gasteiger partial charge in [-0.25, -0.2) is 0 Å². The minimum atomic E-state index is 0.00825. The van der Waals surface area contributed by atoms with Gasteiger partial charge >= 0.3 is 0 Å². The van der Waals surface area contributed by atoms with Crippen molar-refractivity contribution in [3.63, 3.8) is 0 Å². The Bertz CT molecular complexity index is 508. The van der Waals surface area contributed by atoms with Crippen LogP contribution in [-0.4, -0.2) is 24.6 Å². The molecule has 2 aromatic carbocycles. The van der Waals surface area contributed by atoms with E-state index in [0.717, 1.165) is 0 Å². The van der Waals surface area contributed by atoms with Crippen LogP contribution >= 0.6 is 15.8 Å². The largest absolute Gasteiger partial charge is 0.0752 e. The zero-order valence-electron chi connectivity index (χ0n) is 13.2. The molecule has 108 valence electrons. The molecular weight excluding hydrogens is 278 g/mol. The van der Waals surface area contributed by atoms with Gasteiger partial charge < -0.3 is 0 Å². The van der Waals surface area contributed by atoms with E-state index in [1.165, 1.54) is 30.0 Å². The second-order valence-corrected chi connectivity index (χ2v) is 10.6. The Balaban J connectivity index is 2.69. The van der Waals surface area contributed by atoms with E-state index in [0.29, 0.717) is 0 Å². The van der Waals surface area contributed by atoms with Crippen molar-refractivity contribution in [3.8, 4) is 0 Å². The van der Waals surface area contributed by atoms with E-state index in [4.69, 9.17) is 0 Å². The molecule has 0 amide bonds. The minimum absolute atomic E-state index is 0.00825. The molecule has 0 aliphatic carbocycles. The van der Waals surface area contributed by atoms with Gasteiger partial charge in [-0.3, -0.25) is 0 Å². The van der Waals surface area contributed by atoms with Crippen LogP contribution in [0.25, 0.3) is 10.8 Å². The molecular formula is C18H26P2. The van der Waals surface area contributed by atoms with Gasteiger partial charge in [-0.05, 0) is 46.0 Å². The summed E-state index contributed by atoms with van der Waals surface area (Å²) in [6.45, 7) is 9.39. The van der Waals surface area contributed by atoms with Crippen molar-refractivity contribution in [3.05, 3.63) is 36.4 Å². The van der Waals surface area contributed by atoms with Gasteiger partial charge in [-0.1, -0.05) is 79.9 Å². The Morgan fingerprint density at radius 3 is 1.40 bits per heavy atom. The van der Waals surface area contributed by atoms with Gasteiger partial charge in [0, 0.05) is 0 Å². The lowest BCUT2D eigenvalue weighted by Crippen LogP contribution is -2.15. The molecule has 0 bridgehead atoms. The summed E-state index contributed by atoms with van der Waals surface area (Å²) in [5, 5.41) is 6.34. The van der Waals surface area contributed by atoms with E-state index in [9.17, 15) is 0 Å². The zero-order valence-corrected chi connectivity index (χ0v) is 15.0. The van der Waals surface area contributed by atoms with Gasteiger partial charge in [0.25, 0.3) is 0 Å². The molecule has 0 nitrogen and oxygen atoms in total. The van der Waals surface area contributed by atoms with Gasteiger partial charge in [0.15, 0.2) is 0 Å². The first-order valence-electron chi connectivity index (χ1n) is 7.78.